The van der Waals surface area contributed by atoms with Crippen molar-refractivity contribution in [3.63, 3.8) is 0 Å². The first-order valence-corrected chi connectivity index (χ1v) is 6.64. The van der Waals surface area contributed by atoms with Crippen LogP contribution >= 0.6 is 0 Å². The summed E-state index contributed by atoms with van der Waals surface area (Å²) in [6, 6.07) is 6.93. The van der Waals surface area contributed by atoms with E-state index >= 15 is 0 Å². The van der Waals surface area contributed by atoms with Crippen LogP contribution in [-0.2, 0) is 9.59 Å². The Labute approximate surface area is 127 Å². The first-order chi connectivity index (χ1) is 10.3. The van der Waals surface area contributed by atoms with Crippen molar-refractivity contribution in [2.24, 2.45) is 5.92 Å². The van der Waals surface area contributed by atoms with E-state index in [1.54, 1.807) is 19.1 Å². The van der Waals surface area contributed by atoms with Gasteiger partial charge in [-0.1, -0.05) is 6.07 Å². The average Bonchev–Trinajstić information content (AvgIpc) is 2.45. The zero-order chi connectivity index (χ0) is 16.7. The molecule has 0 radical (unpaired) electrons. The van der Waals surface area contributed by atoms with Crippen LogP contribution in [-0.4, -0.2) is 28.9 Å². The van der Waals surface area contributed by atoms with Gasteiger partial charge in [0, 0.05) is 24.1 Å². The number of carbonyl (C=O) groups excluding carboxylic acids is 2. The number of benzene rings is 1. The second-order valence-electron chi connectivity index (χ2n) is 4.89. The summed E-state index contributed by atoms with van der Waals surface area (Å²) < 4.78 is 0. The van der Waals surface area contributed by atoms with Gasteiger partial charge in [-0.15, -0.1) is 0 Å². The van der Waals surface area contributed by atoms with E-state index in [4.69, 9.17) is 10.4 Å². The van der Waals surface area contributed by atoms with Crippen LogP contribution in [0, 0.1) is 17.2 Å². The average molecular weight is 303 g/mol. The Morgan fingerprint density at radius 1 is 1.36 bits per heavy atom. The first-order valence-electron chi connectivity index (χ1n) is 6.64. The van der Waals surface area contributed by atoms with E-state index in [1.807, 2.05) is 6.07 Å². The molecule has 0 unspecified atom stereocenters. The SMILES string of the molecule is CC(=O)Nc1cccc(C(=O)N[C@@H](C[C@@H](C)C#N)C(=O)O)c1. The highest BCUT2D eigenvalue weighted by molar-refractivity contribution is 5.98. The molecule has 0 heterocycles. The number of carbonyl (C=O) groups is 3. The van der Waals surface area contributed by atoms with Gasteiger partial charge in [0.1, 0.15) is 6.04 Å². The number of aliphatic carboxylic acids is 1. The normalized spacial score (nSPS) is 12.6. The number of nitrogens with one attached hydrogen (secondary N) is 2. The molecule has 0 aromatic heterocycles. The van der Waals surface area contributed by atoms with E-state index in [-0.39, 0.29) is 17.9 Å². The Kier molecular flexibility index (Phi) is 6.08. The number of nitrogens with zero attached hydrogens (tertiary/aromatic N) is 1. The topological polar surface area (TPSA) is 119 Å². The molecule has 3 N–H and O–H groups in total. The highest BCUT2D eigenvalue weighted by Crippen LogP contribution is 2.12. The summed E-state index contributed by atoms with van der Waals surface area (Å²) in [5.74, 6) is -2.55. The third-order valence-corrected chi connectivity index (χ3v) is 2.86. The molecule has 0 saturated carbocycles. The lowest BCUT2D eigenvalue weighted by Crippen LogP contribution is -2.41. The van der Waals surface area contributed by atoms with Crippen LogP contribution < -0.4 is 10.6 Å². The fraction of sp³-hybridized carbons (Fsp3) is 0.333. The van der Waals surface area contributed by atoms with Crippen molar-refractivity contribution >= 4 is 23.5 Å². The Morgan fingerprint density at radius 2 is 2.05 bits per heavy atom. The summed E-state index contributed by atoms with van der Waals surface area (Å²) in [6.45, 7) is 2.93. The molecule has 0 bridgehead atoms. The number of carboxylic acids is 1. The molecule has 0 spiro atoms. The molecule has 0 aliphatic rings. The molecule has 1 aromatic carbocycles. The number of hydrogen-bond donors (Lipinski definition) is 3. The van der Waals surface area contributed by atoms with Crippen LogP contribution in [0.25, 0.3) is 0 Å². The van der Waals surface area contributed by atoms with Gasteiger partial charge in [0.2, 0.25) is 5.91 Å². The molecular formula is C15H17N3O4. The van der Waals surface area contributed by atoms with Crippen LogP contribution in [0.15, 0.2) is 24.3 Å². The second kappa shape index (κ2) is 7.78. The van der Waals surface area contributed by atoms with Crippen LogP contribution in [0.2, 0.25) is 0 Å². The van der Waals surface area contributed by atoms with Crippen molar-refractivity contribution in [2.45, 2.75) is 26.3 Å². The Balaban J connectivity index is 2.84. The number of nitriles is 1. The zero-order valence-corrected chi connectivity index (χ0v) is 12.3. The molecule has 0 aliphatic carbocycles. The summed E-state index contributed by atoms with van der Waals surface area (Å²) in [5, 5.41) is 22.8. The summed E-state index contributed by atoms with van der Waals surface area (Å²) in [4.78, 5) is 34.2. The predicted octanol–water partition coefficient (Wildman–Crippen LogP) is 1.38. The van der Waals surface area contributed by atoms with Gasteiger partial charge < -0.3 is 15.7 Å². The molecule has 0 aliphatic heterocycles. The van der Waals surface area contributed by atoms with Crippen molar-refractivity contribution in [1.82, 2.24) is 5.32 Å². The van der Waals surface area contributed by atoms with Gasteiger partial charge in [0.15, 0.2) is 0 Å². The molecule has 7 nitrogen and oxygen atoms in total. The quantitative estimate of drug-likeness (QED) is 0.733. The van der Waals surface area contributed by atoms with Crippen molar-refractivity contribution in [3.05, 3.63) is 29.8 Å². The third kappa shape index (κ3) is 5.25. The lowest BCUT2D eigenvalue weighted by molar-refractivity contribution is -0.139. The molecule has 7 heteroatoms. The van der Waals surface area contributed by atoms with Gasteiger partial charge in [-0.05, 0) is 31.5 Å². The van der Waals surface area contributed by atoms with Gasteiger partial charge >= 0.3 is 5.97 Å². The van der Waals surface area contributed by atoms with Gasteiger partial charge in [-0.3, -0.25) is 9.59 Å². The number of hydrogen-bond acceptors (Lipinski definition) is 4. The molecule has 2 atom stereocenters. The zero-order valence-electron chi connectivity index (χ0n) is 12.3. The van der Waals surface area contributed by atoms with Gasteiger partial charge in [-0.2, -0.15) is 5.26 Å². The van der Waals surface area contributed by atoms with Crippen molar-refractivity contribution < 1.29 is 19.5 Å². The minimum atomic E-state index is -1.20. The molecule has 2 amide bonds. The summed E-state index contributed by atoms with van der Waals surface area (Å²) in [5.41, 5.74) is 0.666. The smallest absolute Gasteiger partial charge is 0.326 e. The van der Waals surface area contributed by atoms with Crippen molar-refractivity contribution in [2.75, 3.05) is 5.32 Å². The maximum absolute atomic E-state index is 12.1. The minimum Gasteiger partial charge on any atom is -0.480 e. The summed E-state index contributed by atoms with van der Waals surface area (Å²) >= 11 is 0. The predicted molar refractivity (Wildman–Crippen MR) is 79.0 cm³/mol. The maximum Gasteiger partial charge on any atom is 0.326 e. The van der Waals surface area contributed by atoms with Crippen LogP contribution in [0.1, 0.15) is 30.6 Å². The highest BCUT2D eigenvalue weighted by atomic mass is 16.4. The van der Waals surface area contributed by atoms with Crippen LogP contribution in [0.4, 0.5) is 5.69 Å². The second-order valence-corrected chi connectivity index (χ2v) is 4.89. The third-order valence-electron chi connectivity index (χ3n) is 2.86. The molecule has 22 heavy (non-hydrogen) atoms. The monoisotopic (exact) mass is 303 g/mol. The van der Waals surface area contributed by atoms with E-state index in [2.05, 4.69) is 10.6 Å². The Bertz CT molecular complexity index is 621. The molecule has 0 fully saturated rings. The first kappa shape index (κ1) is 17.2. The molecular weight excluding hydrogens is 286 g/mol. The largest absolute Gasteiger partial charge is 0.480 e. The molecule has 1 rings (SSSR count). The van der Waals surface area contributed by atoms with E-state index in [0.29, 0.717) is 5.69 Å². The standard InChI is InChI=1S/C15H17N3O4/c1-9(8-16)6-13(15(21)22)18-14(20)11-4-3-5-12(7-11)17-10(2)19/h3-5,7,9,13H,6H2,1-2H3,(H,17,19)(H,18,20)(H,21,22)/t9-,13+/m1/s1. The van der Waals surface area contributed by atoms with Gasteiger partial charge in [0.05, 0.1) is 6.07 Å². The van der Waals surface area contributed by atoms with E-state index in [1.165, 1.54) is 19.1 Å². The Morgan fingerprint density at radius 3 is 2.59 bits per heavy atom. The number of carboxylic acid groups (broad SMARTS) is 1. The van der Waals surface area contributed by atoms with Crippen molar-refractivity contribution in [1.29, 1.82) is 5.26 Å². The summed E-state index contributed by atoms with van der Waals surface area (Å²) in [7, 11) is 0. The lowest BCUT2D eigenvalue weighted by atomic mass is 10.0. The van der Waals surface area contributed by atoms with E-state index < -0.39 is 23.8 Å². The number of amides is 2. The van der Waals surface area contributed by atoms with E-state index in [9.17, 15) is 14.4 Å². The minimum absolute atomic E-state index is 0.0168. The Hall–Kier alpha value is -2.88. The van der Waals surface area contributed by atoms with Crippen LogP contribution in [0.5, 0.6) is 0 Å². The maximum atomic E-state index is 12.1. The molecule has 116 valence electrons. The fourth-order valence-corrected chi connectivity index (χ4v) is 1.81. The molecule has 1 aromatic rings. The lowest BCUT2D eigenvalue weighted by Gasteiger charge is -2.15. The van der Waals surface area contributed by atoms with E-state index in [0.717, 1.165) is 0 Å². The fourth-order valence-electron chi connectivity index (χ4n) is 1.81. The number of rotatable bonds is 6. The molecule has 0 saturated heterocycles. The van der Waals surface area contributed by atoms with Gasteiger partial charge in [0.25, 0.3) is 5.91 Å². The van der Waals surface area contributed by atoms with Crippen molar-refractivity contribution in [3.8, 4) is 6.07 Å². The number of anilines is 1. The summed E-state index contributed by atoms with van der Waals surface area (Å²) in [6.07, 6.45) is 0.0168. The van der Waals surface area contributed by atoms with Crippen LogP contribution in [0.3, 0.4) is 0 Å². The highest BCUT2D eigenvalue weighted by Gasteiger charge is 2.23. The van der Waals surface area contributed by atoms with Gasteiger partial charge in [-0.25, -0.2) is 4.79 Å².